The molecule has 1 saturated carbocycles. The number of hydrogen-bond donors (Lipinski definition) is 1. The van der Waals surface area contributed by atoms with Gasteiger partial charge in [0.1, 0.15) is 5.82 Å². The van der Waals surface area contributed by atoms with E-state index in [1.807, 2.05) is 6.07 Å². The lowest BCUT2D eigenvalue weighted by atomic mass is 9.70. The van der Waals surface area contributed by atoms with E-state index in [0.29, 0.717) is 23.1 Å². The molecule has 0 radical (unpaired) electrons. The average Bonchev–Trinajstić information content (AvgIpc) is 2.29. The van der Waals surface area contributed by atoms with Crippen LogP contribution in [0, 0.1) is 22.6 Å². The van der Waals surface area contributed by atoms with Crippen LogP contribution >= 0.6 is 0 Å². The number of rotatable bonds is 4. The highest BCUT2D eigenvalue weighted by atomic mass is 19.1. The molecule has 0 heterocycles. The molecule has 0 aliphatic heterocycles. The Bertz CT molecular complexity index is 444. The third-order valence-electron chi connectivity index (χ3n) is 3.61. The predicted octanol–water partition coefficient (Wildman–Crippen LogP) is 2.98. The van der Waals surface area contributed by atoms with Gasteiger partial charge in [0.15, 0.2) is 0 Å². The minimum Gasteiger partial charge on any atom is -0.312 e. The van der Waals surface area contributed by atoms with Crippen molar-refractivity contribution in [2.75, 3.05) is 6.54 Å². The molecule has 17 heavy (non-hydrogen) atoms. The quantitative estimate of drug-likeness (QED) is 0.866. The Balaban J connectivity index is 1.89. The van der Waals surface area contributed by atoms with Gasteiger partial charge in [0.05, 0.1) is 11.6 Å². The highest BCUT2D eigenvalue weighted by molar-refractivity contribution is 5.32. The largest absolute Gasteiger partial charge is 0.312 e. The Morgan fingerprint density at radius 3 is 2.76 bits per heavy atom. The maximum absolute atomic E-state index is 13.6. The molecule has 1 aromatic carbocycles. The molecule has 0 unspecified atom stereocenters. The third-order valence-corrected chi connectivity index (χ3v) is 3.61. The standard InChI is InChI=1S/C14H17FN2/c1-14(5-2-6-14)10-17-9-12-4-3-11(8-16)7-13(12)15/h3-4,7,17H,2,5-6,9-10H2,1H3. The number of nitriles is 1. The number of benzene rings is 1. The van der Waals surface area contributed by atoms with Gasteiger partial charge in [0.2, 0.25) is 0 Å². The summed E-state index contributed by atoms with van der Waals surface area (Å²) in [5.41, 5.74) is 1.41. The van der Waals surface area contributed by atoms with E-state index in [1.54, 1.807) is 12.1 Å². The second kappa shape index (κ2) is 4.85. The molecule has 0 saturated heterocycles. The van der Waals surface area contributed by atoms with Crippen molar-refractivity contribution in [1.82, 2.24) is 5.32 Å². The van der Waals surface area contributed by atoms with Crippen LogP contribution in [0.15, 0.2) is 18.2 Å². The zero-order chi connectivity index (χ0) is 12.3. The number of halogens is 1. The number of hydrogen-bond acceptors (Lipinski definition) is 2. The van der Waals surface area contributed by atoms with Gasteiger partial charge in [0.25, 0.3) is 0 Å². The molecule has 0 atom stereocenters. The summed E-state index contributed by atoms with van der Waals surface area (Å²) in [6.45, 7) is 3.73. The molecule has 0 bridgehead atoms. The minimum atomic E-state index is -0.296. The molecule has 0 spiro atoms. The van der Waals surface area contributed by atoms with Crippen LogP contribution in [0.4, 0.5) is 4.39 Å². The minimum absolute atomic E-state index is 0.296. The Morgan fingerprint density at radius 1 is 1.47 bits per heavy atom. The molecule has 2 nitrogen and oxygen atoms in total. The van der Waals surface area contributed by atoms with Gasteiger partial charge in [-0.2, -0.15) is 5.26 Å². The van der Waals surface area contributed by atoms with Crippen molar-refractivity contribution in [3.05, 3.63) is 35.1 Å². The summed E-state index contributed by atoms with van der Waals surface area (Å²) in [5, 5.41) is 11.9. The summed E-state index contributed by atoms with van der Waals surface area (Å²) in [5.74, 6) is -0.296. The lowest BCUT2D eigenvalue weighted by Crippen LogP contribution is -2.37. The maximum atomic E-state index is 13.6. The summed E-state index contributed by atoms with van der Waals surface area (Å²) in [4.78, 5) is 0. The molecule has 1 aromatic rings. The molecule has 1 aliphatic carbocycles. The first-order chi connectivity index (χ1) is 8.13. The van der Waals surface area contributed by atoms with Crippen LogP contribution in [0.3, 0.4) is 0 Å². The third kappa shape index (κ3) is 2.83. The van der Waals surface area contributed by atoms with Gasteiger partial charge < -0.3 is 5.32 Å². The van der Waals surface area contributed by atoms with Crippen molar-refractivity contribution in [2.24, 2.45) is 5.41 Å². The SMILES string of the molecule is CC1(CNCc2ccc(C#N)cc2F)CCC1. The Labute approximate surface area is 101 Å². The van der Waals surface area contributed by atoms with Crippen LogP contribution < -0.4 is 5.32 Å². The first-order valence-electron chi connectivity index (χ1n) is 6.02. The number of nitrogens with zero attached hydrogens (tertiary/aromatic N) is 1. The first kappa shape index (κ1) is 12.1. The Hall–Kier alpha value is -1.40. The molecular formula is C14H17FN2. The van der Waals surface area contributed by atoms with Gasteiger partial charge in [-0.25, -0.2) is 4.39 Å². The van der Waals surface area contributed by atoms with Crippen molar-refractivity contribution in [1.29, 1.82) is 5.26 Å². The Kier molecular flexibility index (Phi) is 3.44. The molecule has 90 valence electrons. The zero-order valence-corrected chi connectivity index (χ0v) is 10.1. The van der Waals surface area contributed by atoms with Gasteiger partial charge >= 0.3 is 0 Å². The lowest BCUT2D eigenvalue weighted by molar-refractivity contribution is 0.156. The van der Waals surface area contributed by atoms with E-state index in [4.69, 9.17) is 5.26 Å². The van der Waals surface area contributed by atoms with Crippen molar-refractivity contribution in [2.45, 2.75) is 32.7 Å². The summed E-state index contributed by atoms with van der Waals surface area (Å²) < 4.78 is 13.6. The molecule has 1 aliphatic rings. The molecule has 0 aromatic heterocycles. The fourth-order valence-electron chi connectivity index (χ4n) is 2.22. The van der Waals surface area contributed by atoms with Gasteiger partial charge in [-0.15, -0.1) is 0 Å². The summed E-state index contributed by atoms with van der Waals surface area (Å²) in [6, 6.07) is 6.57. The van der Waals surface area contributed by atoms with Gasteiger partial charge in [-0.05, 0) is 30.4 Å². The van der Waals surface area contributed by atoms with Crippen molar-refractivity contribution >= 4 is 0 Å². The van der Waals surface area contributed by atoms with E-state index in [2.05, 4.69) is 12.2 Å². The molecule has 3 heteroatoms. The fourth-order valence-corrected chi connectivity index (χ4v) is 2.22. The van der Waals surface area contributed by atoms with Crippen LogP contribution in [-0.2, 0) is 6.54 Å². The summed E-state index contributed by atoms with van der Waals surface area (Å²) in [6.07, 6.45) is 3.83. The highest BCUT2D eigenvalue weighted by Crippen LogP contribution is 2.39. The van der Waals surface area contributed by atoms with Crippen LogP contribution in [0.25, 0.3) is 0 Å². The van der Waals surface area contributed by atoms with E-state index in [-0.39, 0.29) is 5.82 Å². The van der Waals surface area contributed by atoms with Gasteiger partial charge in [-0.1, -0.05) is 19.4 Å². The van der Waals surface area contributed by atoms with E-state index >= 15 is 0 Å². The topological polar surface area (TPSA) is 35.8 Å². The summed E-state index contributed by atoms with van der Waals surface area (Å²) >= 11 is 0. The molecule has 1 N–H and O–H groups in total. The zero-order valence-electron chi connectivity index (χ0n) is 10.1. The molecule has 0 amide bonds. The van der Waals surface area contributed by atoms with E-state index < -0.39 is 0 Å². The summed E-state index contributed by atoms with van der Waals surface area (Å²) in [7, 11) is 0. The van der Waals surface area contributed by atoms with Crippen LogP contribution in [-0.4, -0.2) is 6.54 Å². The van der Waals surface area contributed by atoms with Crippen LogP contribution in [0.1, 0.15) is 37.3 Å². The monoisotopic (exact) mass is 232 g/mol. The number of nitrogens with one attached hydrogen (secondary N) is 1. The second-order valence-electron chi connectivity index (χ2n) is 5.19. The van der Waals surface area contributed by atoms with E-state index in [1.165, 1.54) is 25.3 Å². The molecular weight excluding hydrogens is 215 g/mol. The maximum Gasteiger partial charge on any atom is 0.129 e. The lowest BCUT2D eigenvalue weighted by Gasteiger charge is -2.38. The van der Waals surface area contributed by atoms with E-state index in [9.17, 15) is 4.39 Å². The van der Waals surface area contributed by atoms with Gasteiger partial charge in [0, 0.05) is 18.7 Å². The van der Waals surface area contributed by atoms with Crippen molar-refractivity contribution in [3.8, 4) is 6.07 Å². The average molecular weight is 232 g/mol. The van der Waals surface area contributed by atoms with E-state index in [0.717, 1.165) is 6.54 Å². The van der Waals surface area contributed by atoms with Crippen LogP contribution in [0.5, 0.6) is 0 Å². The van der Waals surface area contributed by atoms with Crippen LogP contribution in [0.2, 0.25) is 0 Å². The second-order valence-corrected chi connectivity index (χ2v) is 5.19. The smallest absolute Gasteiger partial charge is 0.129 e. The van der Waals surface area contributed by atoms with Gasteiger partial charge in [-0.3, -0.25) is 0 Å². The highest BCUT2D eigenvalue weighted by Gasteiger charge is 2.30. The first-order valence-corrected chi connectivity index (χ1v) is 6.02. The fraction of sp³-hybridized carbons (Fsp3) is 0.500. The van der Waals surface area contributed by atoms with Crippen molar-refractivity contribution in [3.63, 3.8) is 0 Å². The molecule has 2 rings (SSSR count). The van der Waals surface area contributed by atoms with Crippen molar-refractivity contribution < 1.29 is 4.39 Å². The molecule has 1 fully saturated rings. The normalized spacial score (nSPS) is 17.2. The Morgan fingerprint density at radius 2 is 2.24 bits per heavy atom. The predicted molar refractivity (Wildman–Crippen MR) is 64.8 cm³/mol.